The molecule has 8 heteroatoms. The predicted molar refractivity (Wildman–Crippen MR) is 97.1 cm³/mol. The minimum absolute atomic E-state index is 0.0202. The zero-order valence-electron chi connectivity index (χ0n) is 14.5. The molecule has 1 aromatic heterocycles. The van der Waals surface area contributed by atoms with Crippen LogP contribution in [-0.4, -0.2) is 17.4 Å². The molecule has 3 aromatic rings. The Hall–Kier alpha value is -3.42. The molecule has 0 saturated carbocycles. The Balaban J connectivity index is 1.57. The Morgan fingerprint density at radius 3 is 2.32 bits per heavy atom. The first-order valence-electron chi connectivity index (χ1n) is 8.33. The summed E-state index contributed by atoms with van der Waals surface area (Å²) in [5.41, 5.74) is 1.12. The van der Waals surface area contributed by atoms with Crippen LogP contribution in [0.25, 0.3) is 0 Å². The molecule has 1 amide bonds. The van der Waals surface area contributed by atoms with Crippen LogP contribution in [0.15, 0.2) is 54.7 Å². The lowest BCUT2D eigenvalue weighted by molar-refractivity contribution is 0.102. The van der Waals surface area contributed by atoms with Crippen LogP contribution in [0.1, 0.15) is 16.1 Å². The van der Waals surface area contributed by atoms with Crippen LogP contribution in [0.4, 0.5) is 28.9 Å². The molecule has 0 saturated heterocycles. The highest BCUT2D eigenvalue weighted by Gasteiger charge is 2.16. The summed E-state index contributed by atoms with van der Waals surface area (Å²) in [6.07, 6.45) is 2.08. The number of aromatic nitrogens is 1. The largest absolute Gasteiger partial charge is 0.383 e. The van der Waals surface area contributed by atoms with Crippen molar-refractivity contribution in [1.82, 2.24) is 4.98 Å². The van der Waals surface area contributed by atoms with E-state index < -0.39 is 29.0 Å². The van der Waals surface area contributed by atoms with E-state index in [0.717, 1.165) is 17.7 Å². The lowest BCUT2D eigenvalue weighted by Crippen LogP contribution is -2.15. The quantitative estimate of drug-likeness (QED) is 0.481. The molecule has 0 atom stereocenters. The van der Waals surface area contributed by atoms with Crippen LogP contribution in [0.3, 0.4) is 0 Å². The minimum atomic E-state index is -1.66. The van der Waals surface area contributed by atoms with Gasteiger partial charge in [-0.1, -0.05) is 12.1 Å². The van der Waals surface area contributed by atoms with E-state index in [2.05, 4.69) is 15.6 Å². The summed E-state index contributed by atoms with van der Waals surface area (Å²) in [6.45, 7) is 0.568. The van der Waals surface area contributed by atoms with Gasteiger partial charge in [0.25, 0.3) is 5.91 Å². The smallest absolute Gasteiger partial charge is 0.274 e. The molecule has 1 heterocycles. The van der Waals surface area contributed by atoms with Crippen molar-refractivity contribution in [2.75, 3.05) is 17.2 Å². The fourth-order valence-corrected chi connectivity index (χ4v) is 2.44. The Labute approximate surface area is 158 Å². The molecular formula is C20H15F4N3O. The molecule has 0 aliphatic rings. The lowest BCUT2D eigenvalue weighted by Gasteiger charge is -2.09. The Morgan fingerprint density at radius 2 is 1.64 bits per heavy atom. The van der Waals surface area contributed by atoms with E-state index >= 15 is 0 Å². The number of carbonyl (C=O) groups excluding carboxylic acids is 1. The maximum atomic E-state index is 13.6. The number of nitrogens with zero attached hydrogens (tertiary/aromatic N) is 1. The van der Waals surface area contributed by atoms with Crippen LogP contribution in [0, 0.1) is 23.3 Å². The highest BCUT2D eigenvalue weighted by Crippen LogP contribution is 2.20. The van der Waals surface area contributed by atoms with Crippen molar-refractivity contribution < 1.29 is 22.4 Å². The molecule has 144 valence electrons. The summed E-state index contributed by atoms with van der Waals surface area (Å²) in [6, 6.07) is 10.8. The van der Waals surface area contributed by atoms with Gasteiger partial charge in [-0.3, -0.25) is 4.79 Å². The van der Waals surface area contributed by atoms with Crippen molar-refractivity contribution in [2.24, 2.45) is 0 Å². The summed E-state index contributed by atoms with van der Waals surface area (Å²) in [4.78, 5) is 16.1. The molecule has 2 aromatic carbocycles. The standard InChI is InChI=1S/C20H15F4N3O/c21-13-3-1-12(2-4-13)9-10-25-14-5-7-17(26-11-14)20(28)27-16-8-6-15(22)18(23)19(16)24/h1-8,11,25H,9-10H2,(H,27,28). The first-order valence-corrected chi connectivity index (χ1v) is 8.33. The molecule has 0 aliphatic carbocycles. The molecule has 0 fully saturated rings. The van der Waals surface area contributed by atoms with Gasteiger partial charge in [0.15, 0.2) is 17.5 Å². The zero-order valence-corrected chi connectivity index (χ0v) is 14.5. The molecule has 0 unspecified atom stereocenters. The van der Waals surface area contributed by atoms with Crippen molar-refractivity contribution in [3.63, 3.8) is 0 Å². The molecule has 0 radical (unpaired) electrons. The van der Waals surface area contributed by atoms with Crippen LogP contribution >= 0.6 is 0 Å². The van der Waals surface area contributed by atoms with Gasteiger partial charge in [-0.25, -0.2) is 22.5 Å². The number of rotatable bonds is 6. The number of carbonyl (C=O) groups is 1. The first kappa shape index (κ1) is 19.3. The van der Waals surface area contributed by atoms with Gasteiger partial charge in [-0.15, -0.1) is 0 Å². The fourth-order valence-electron chi connectivity index (χ4n) is 2.44. The maximum Gasteiger partial charge on any atom is 0.274 e. The Bertz CT molecular complexity index is 976. The second-order valence-corrected chi connectivity index (χ2v) is 5.91. The third kappa shape index (κ3) is 4.64. The number of nitrogens with one attached hydrogen (secondary N) is 2. The molecule has 4 nitrogen and oxygen atoms in total. The van der Waals surface area contributed by atoms with Gasteiger partial charge in [-0.05, 0) is 48.4 Å². The van der Waals surface area contributed by atoms with E-state index in [0.29, 0.717) is 18.7 Å². The molecule has 3 rings (SSSR count). The molecule has 0 aliphatic heterocycles. The molecule has 0 spiro atoms. The molecular weight excluding hydrogens is 374 g/mol. The number of amides is 1. The van der Waals surface area contributed by atoms with Crippen molar-refractivity contribution >= 4 is 17.3 Å². The van der Waals surface area contributed by atoms with E-state index in [4.69, 9.17) is 0 Å². The molecule has 0 bridgehead atoms. The minimum Gasteiger partial charge on any atom is -0.383 e. The third-order valence-electron chi connectivity index (χ3n) is 3.94. The number of hydrogen-bond acceptors (Lipinski definition) is 3. The van der Waals surface area contributed by atoms with Crippen LogP contribution < -0.4 is 10.6 Å². The SMILES string of the molecule is O=C(Nc1ccc(F)c(F)c1F)c1ccc(NCCc2ccc(F)cc2)cn1. The monoisotopic (exact) mass is 389 g/mol. The van der Waals surface area contributed by atoms with E-state index in [1.807, 2.05) is 0 Å². The second kappa shape index (κ2) is 8.51. The van der Waals surface area contributed by atoms with Crippen molar-refractivity contribution in [3.05, 3.63) is 89.3 Å². The van der Waals surface area contributed by atoms with Gasteiger partial charge in [0.2, 0.25) is 0 Å². The Kier molecular flexibility index (Phi) is 5.88. The fraction of sp³-hybridized carbons (Fsp3) is 0.100. The van der Waals surface area contributed by atoms with Gasteiger partial charge in [0, 0.05) is 6.54 Å². The van der Waals surface area contributed by atoms with E-state index in [1.165, 1.54) is 24.4 Å². The number of pyridine rings is 1. The average Bonchev–Trinajstić information content (AvgIpc) is 2.70. The second-order valence-electron chi connectivity index (χ2n) is 5.91. The third-order valence-corrected chi connectivity index (χ3v) is 3.94. The normalized spacial score (nSPS) is 10.6. The lowest BCUT2D eigenvalue weighted by atomic mass is 10.1. The molecule has 28 heavy (non-hydrogen) atoms. The van der Waals surface area contributed by atoms with Crippen LogP contribution in [0.5, 0.6) is 0 Å². The molecule has 2 N–H and O–H groups in total. The summed E-state index contributed by atoms with van der Waals surface area (Å²) < 4.78 is 52.6. The summed E-state index contributed by atoms with van der Waals surface area (Å²) in [7, 11) is 0. The van der Waals surface area contributed by atoms with Crippen molar-refractivity contribution in [3.8, 4) is 0 Å². The average molecular weight is 389 g/mol. The van der Waals surface area contributed by atoms with Gasteiger partial charge < -0.3 is 10.6 Å². The predicted octanol–water partition coefficient (Wildman–Crippen LogP) is 4.54. The van der Waals surface area contributed by atoms with Gasteiger partial charge in [-0.2, -0.15) is 0 Å². The zero-order chi connectivity index (χ0) is 20.1. The van der Waals surface area contributed by atoms with Crippen molar-refractivity contribution in [1.29, 1.82) is 0 Å². The van der Waals surface area contributed by atoms with Gasteiger partial charge in [0.1, 0.15) is 11.5 Å². The summed E-state index contributed by atoms with van der Waals surface area (Å²) in [5.74, 6) is -5.54. The first-order chi connectivity index (χ1) is 13.4. The van der Waals surface area contributed by atoms with Gasteiger partial charge in [0.05, 0.1) is 17.6 Å². The van der Waals surface area contributed by atoms with Crippen LogP contribution in [0.2, 0.25) is 0 Å². The summed E-state index contributed by atoms with van der Waals surface area (Å²) >= 11 is 0. The maximum absolute atomic E-state index is 13.6. The van der Waals surface area contributed by atoms with Crippen molar-refractivity contribution in [2.45, 2.75) is 6.42 Å². The van der Waals surface area contributed by atoms with E-state index in [-0.39, 0.29) is 11.5 Å². The van der Waals surface area contributed by atoms with E-state index in [1.54, 1.807) is 18.2 Å². The summed E-state index contributed by atoms with van der Waals surface area (Å²) in [5, 5.41) is 5.26. The number of hydrogen-bond donors (Lipinski definition) is 2. The van der Waals surface area contributed by atoms with Gasteiger partial charge >= 0.3 is 0 Å². The van der Waals surface area contributed by atoms with E-state index in [9.17, 15) is 22.4 Å². The topological polar surface area (TPSA) is 54.0 Å². The Morgan fingerprint density at radius 1 is 0.893 bits per heavy atom. The highest BCUT2D eigenvalue weighted by molar-refractivity contribution is 6.03. The number of benzene rings is 2. The van der Waals surface area contributed by atoms with Crippen LogP contribution in [-0.2, 0) is 6.42 Å². The number of anilines is 2. The number of halogens is 4. The highest BCUT2D eigenvalue weighted by atomic mass is 19.2.